The number of carbonyl (C=O) groups excluding carboxylic acids is 1. The third-order valence-corrected chi connectivity index (χ3v) is 3.37. The maximum Gasteiger partial charge on any atom is 0.407 e. The standard InChI is InChI=1S/C15H21NO4/c1-2-6-13(14(17)12-10-20-15(18)16-12)19-9-11-7-4-3-5-8-11/h3-5,7-8,12-14,17H,2,6,9-10H2,1H3,(H,16,18)/t12-,13-,14-/m1/s1. The lowest BCUT2D eigenvalue weighted by Gasteiger charge is -2.26. The number of ether oxygens (including phenoxy) is 2. The molecule has 0 aliphatic carbocycles. The maximum atomic E-state index is 11.0. The Bertz CT molecular complexity index is 423. The average Bonchev–Trinajstić information content (AvgIpc) is 2.90. The molecule has 1 aliphatic heterocycles. The van der Waals surface area contributed by atoms with Crippen molar-refractivity contribution in [2.75, 3.05) is 6.61 Å². The van der Waals surface area contributed by atoms with Crippen molar-refractivity contribution in [3.05, 3.63) is 35.9 Å². The Kier molecular flexibility index (Phi) is 5.38. The van der Waals surface area contributed by atoms with Gasteiger partial charge in [0.1, 0.15) is 12.7 Å². The molecule has 1 aromatic rings. The molecule has 0 spiro atoms. The van der Waals surface area contributed by atoms with Crippen molar-refractivity contribution in [3.8, 4) is 0 Å². The highest BCUT2D eigenvalue weighted by atomic mass is 16.6. The van der Waals surface area contributed by atoms with Crippen molar-refractivity contribution in [2.24, 2.45) is 0 Å². The molecular weight excluding hydrogens is 258 g/mol. The summed E-state index contributed by atoms with van der Waals surface area (Å²) >= 11 is 0. The predicted molar refractivity (Wildman–Crippen MR) is 74.2 cm³/mol. The summed E-state index contributed by atoms with van der Waals surface area (Å²) in [5.74, 6) is 0. The van der Waals surface area contributed by atoms with Gasteiger partial charge in [-0.05, 0) is 12.0 Å². The molecule has 0 aromatic heterocycles. The number of rotatable bonds is 7. The summed E-state index contributed by atoms with van der Waals surface area (Å²) in [6, 6.07) is 9.43. The second-order valence-electron chi connectivity index (χ2n) is 4.96. The molecule has 1 aliphatic rings. The highest BCUT2D eigenvalue weighted by molar-refractivity contribution is 5.69. The summed E-state index contributed by atoms with van der Waals surface area (Å²) in [5.41, 5.74) is 1.06. The minimum Gasteiger partial charge on any atom is -0.447 e. The number of alkyl carbamates (subject to hydrolysis) is 1. The number of hydrogen-bond donors (Lipinski definition) is 2. The molecule has 2 rings (SSSR count). The van der Waals surface area contributed by atoms with Gasteiger partial charge in [0.25, 0.3) is 0 Å². The van der Waals surface area contributed by atoms with Gasteiger partial charge in [-0.2, -0.15) is 0 Å². The van der Waals surface area contributed by atoms with E-state index in [0.717, 1.165) is 18.4 Å². The van der Waals surface area contributed by atoms with Gasteiger partial charge in [-0.3, -0.25) is 0 Å². The summed E-state index contributed by atoms with van der Waals surface area (Å²) in [6.07, 6.45) is 0.0861. The van der Waals surface area contributed by atoms with Crippen LogP contribution in [0, 0.1) is 0 Å². The van der Waals surface area contributed by atoms with Crippen molar-refractivity contribution in [1.29, 1.82) is 0 Å². The maximum absolute atomic E-state index is 11.0. The first kappa shape index (κ1) is 14.8. The van der Waals surface area contributed by atoms with E-state index in [0.29, 0.717) is 6.61 Å². The summed E-state index contributed by atoms with van der Waals surface area (Å²) in [7, 11) is 0. The predicted octanol–water partition coefficient (Wildman–Crippen LogP) is 1.84. The number of benzene rings is 1. The number of aliphatic hydroxyl groups excluding tert-OH is 1. The molecule has 0 bridgehead atoms. The van der Waals surface area contributed by atoms with E-state index in [-0.39, 0.29) is 12.7 Å². The quantitative estimate of drug-likeness (QED) is 0.799. The molecule has 110 valence electrons. The van der Waals surface area contributed by atoms with Crippen molar-refractivity contribution in [3.63, 3.8) is 0 Å². The van der Waals surface area contributed by atoms with Crippen LogP contribution in [-0.4, -0.2) is 36.1 Å². The third-order valence-electron chi connectivity index (χ3n) is 3.37. The fraction of sp³-hybridized carbons (Fsp3) is 0.533. The minimum absolute atomic E-state index is 0.189. The smallest absolute Gasteiger partial charge is 0.407 e. The van der Waals surface area contributed by atoms with Gasteiger partial charge in [0, 0.05) is 0 Å². The topological polar surface area (TPSA) is 67.8 Å². The summed E-state index contributed by atoms with van der Waals surface area (Å²) in [6.45, 7) is 2.67. The van der Waals surface area contributed by atoms with Crippen LogP contribution in [0.2, 0.25) is 0 Å². The Balaban J connectivity index is 1.90. The highest BCUT2D eigenvalue weighted by Gasteiger charge is 2.34. The van der Waals surface area contributed by atoms with Gasteiger partial charge >= 0.3 is 6.09 Å². The van der Waals surface area contributed by atoms with Gasteiger partial charge in [0.05, 0.1) is 18.8 Å². The van der Waals surface area contributed by atoms with E-state index < -0.39 is 18.2 Å². The summed E-state index contributed by atoms with van der Waals surface area (Å²) in [5, 5.41) is 12.9. The van der Waals surface area contributed by atoms with E-state index in [1.165, 1.54) is 0 Å². The molecule has 3 atom stereocenters. The Hall–Kier alpha value is -1.59. The third kappa shape index (κ3) is 3.95. The van der Waals surface area contributed by atoms with Gasteiger partial charge in [-0.25, -0.2) is 4.79 Å². The lowest BCUT2D eigenvalue weighted by atomic mass is 10.0. The number of nitrogens with one attached hydrogen (secondary N) is 1. The molecule has 5 heteroatoms. The van der Waals surface area contributed by atoms with Crippen LogP contribution < -0.4 is 5.32 Å². The van der Waals surface area contributed by atoms with Crippen LogP contribution >= 0.6 is 0 Å². The summed E-state index contributed by atoms with van der Waals surface area (Å²) in [4.78, 5) is 11.0. The van der Waals surface area contributed by atoms with Crippen LogP contribution in [0.15, 0.2) is 30.3 Å². The molecule has 0 saturated carbocycles. The number of aliphatic hydroxyl groups is 1. The summed E-state index contributed by atoms with van der Waals surface area (Å²) < 4.78 is 10.6. The molecule has 2 N–H and O–H groups in total. The van der Waals surface area contributed by atoms with Crippen molar-refractivity contribution < 1.29 is 19.4 Å². The average molecular weight is 279 g/mol. The molecule has 5 nitrogen and oxygen atoms in total. The van der Waals surface area contributed by atoms with E-state index in [9.17, 15) is 9.90 Å². The molecule has 0 radical (unpaired) electrons. The van der Waals surface area contributed by atoms with Crippen LogP contribution in [0.3, 0.4) is 0 Å². The van der Waals surface area contributed by atoms with Gasteiger partial charge in [0.2, 0.25) is 0 Å². The van der Waals surface area contributed by atoms with Crippen molar-refractivity contribution in [2.45, 2.75) is 44.6 Å². The fourth-order valence-electron chi connectivity index (χ4n) is 2.26. The zero-order valence-corrected chi connectivity index (χ0v) is 11.6. The normalized spacial score (nSPS) is 21.1. The lowest BCUT2D eigenvalue weighted by Crippen LogP contribution is -2.46. The number of amides is 1. The van der Waals surface area contributed by atoms with E-state index in [2.05, 4.69) is 5.32 Å². The van der Waals surface area contributed by atoms with Crippen molar-refractivity contribution >= 4 is 6.09 Å². The van der Waals surface area contributed by atoms with Crippen LogP contribution in [0.5, 0.6) is 0 Å². The largest absolute Gasteiger partial charge is 0.447 e. The van der Waals surface area contributed by atoms with Crippen LogP contribution in [-0.2, 0) is 16.1 Å². The van der Waals surface area contributed by atoms with Crippen LogP contribution in [0.4, 0.5) is 4.79 Å². The fourth-order valence-corrected chi connectivity index (χ4v) is 2.26. The molecule has 20 heavy (non-hydrogen) atoms. The van der Waals surface area contributed by atoms with Gasteiger partial charge < -0.3 is 19.9 Å². The Labute approximate surface area is 118 Å². The molecule has 1 heterocycles. The first-order valence-corrected chi connectivity index (χ1v) is 6.97. The highest BCUT2D eigenvalue weighted by Crippen LogP contribution is 2.16. The van der Waals surface area contributed by atoms with Gasteiger partial charge in [-0.1, -0.05) is 43.7 Å². The van der Waals surface area contributed by atoms with E-state index in [1.54, 1.807) is 0 Å². The molecule has 1 aromatic carbocycles. The monoisotopic (exact) mass is 279 g/mol. The van der Waals surface area contributed by atoms with E-state index >= 15 is 0 Å². The number of hydrogen-bond acceptors (Lipinski definition) is 4. The van der Waals surface area contributed by atoms with Crippen LogP contribution in [0.1, 0.15) is 25.3 Å². The first-order chi connectivity index (χ1) is 9.70. The number of cyclic esters (lactones) is 1. The second-order valence-corrected chi connectivity index (χ2v) is 4.96. The van der Waals surface area contributed by atoms with Gasteiger partial charge in [0.15, 0.2) is 0 Å². The number of carbonyl (C=O) groups is 1. The van der Waals surface area contributed by atoms with E-state index in [4.69, 9.17) is 9.47 Å². The van der Waals surface area contributed by atoms with E-state index in [1.807, 2.05) is 37.3 Å². The molecule has 1 fully saturated rings. The minimum atomic E-state index is -0.759. The molecule has 1 saturated heterocycles. The molecular formula is C15H21NO4. The SMILES string of the molecule is CCC[C@@H](OCc1ccccc1)[C@H](O)[C@H]1COC(=O)N1. The first-order valence-electron chi connectivity index (χ1n) is 6.97. The van der Waals surface area contributed by atoms with Gasteiger partial charge in [-0.15, -0.1) is 0 Å². The Morgan fingerprint density at radius 2 is 2.20 bits per heavy atom. The Morgan fingerprint density at radius 1 is 1.45 bits per heavy atom. The van der Waals surface area contributed by atoms with Crippen LogP contribution in [0.25, 0.3) is 0 Å². The lowest BCUT2D eigenvalue weighted by molar-refractivity contribution is -0.0623. The van der Waals surface area contributed by atoms with Crippen molar-refractivity contribution in [1.82, 2.24) is 5.32 Å². The Morgan fingerprint density at radius 3 is 2.80 bits per heavy atom. The zero-order chi connectivity index (χ0) is 14.4. The molecule has 1 amide bonds. The second kappa shape index (κ2) is 7.26. The zero-order valence-electron chi connectivity index (χ0n) is 11.6. The molecule has 0 unspecified atom stereocenters.